The van der Waals surface area contributed by atoms with Gasteiger partial charge in [-0.3, -0.25) is 9.59 Å². The number of unbranched alkanes of at least 4 members (excludes halogenated alkanes) is 1. The topological polar surface area (TPSA) is 66.4 Å². The summed E-state index contributed by atoms with van der Waals surface area (Å²) in [5.74, 6) is -0.0845. The molecule has 1 aliphatic rings. The number of carboxylic acids is 1. The Hall–Kier alpha value is -1.06. The molecule has 0 saturated heterocycles. The summed E-state index contributed by atoms with van der Waals surface area (Å²) in [5, 5.41) is 11.9. The van der Waals surface area contributed by atoms with Crippen LogP contribution in [0.25, 0.3) is 0 Å². The largest absolute Gasteiger partial charge is 0.481 e. The predicted octanol–water partition coefficient (Wildman–Crippen LogP) is 2.82. The molecule has 0 radical (unpaired) electrons. The van der Waals surface area contributed by atoms with E-state index in [4.69, 9.17) is 5.11 Å². The fourth-order valence-corrected chi connectivity index (χ4v) is 2.64. The van der Waals surface area contributed by atoms with Crippen LogP contribution in [0.15, 0.2) is 0 Å². The molecule has 110 valence electrons. The highest BCUT2D eigenvalue weighted by atomic mass is 16.4. The van der Waals surface area contributed by atoms with Gasteiger partial charge in [-0.1, -0.05) is 26.7 Å². The summed E-state index contributed by atoms with van der Waals surface area (Å²) < 4.78 is 0. The van der Waals surface area contributed by atoms with Gasteiger partial charge in [-0.25, -0.2) is 0 Å². The second-order valence-corrected chi connectivity index (χ2v) is 6.07. The van der Waals surface area contributed by atoms with Gasteiger partial charge >= 0.3 is 5.97 Å². The highest BCUT2D eigenvalue weighted by Gasteiger charge is 2.29. The Kier molecular flexibility index (Phi) is 6.89. The molecule has 0 aliphatic heterocycles. The lowest BCUT2D eigenvalue weighted by atomic mass is 9.81. The number of nitrogens with one attached hydrogen (secondary N) is 1. The minimum absolute atomic E-state index is 0.0284. The molecule has 1 rings (SSSR count). The molecular weight excluding hydrogens is 242 g/mol. The molecule has 2 N–H and O–H groups in total. The number of aliphatic carboxylic acids is 1. The van der Waals surface area contributed by atoms with E-state index in [1.807, 2.05) is 0 Å². The number of rotatable bonds is 7. The standard InChI is InChI=1S/C15H27NO3/c1-11(2)5-3-4-10-16-14(17)12-6-8-13(9-7-12)15(18)19/h11-13H,3-10H2,1-2H3,(H,16,17)(H,18,19). The van der Waals surface area contributed by atoms with E-state index in [0.29, 0.717) is 12.8 Å². The van der Waals surface area contributed by atoms with Gasteiger partial charge in [-0.05, 0) is 38.0 Å². The first-order chi connectivity index (χ1) is 9.00. The minimum Gasteiger partial charge on any atom is -0.481 e. The Labute approximate surface area is 116 Å². The zero-order valence-electron chi connectivity index (χ0n) is 12.2. The van der Waals surface area contributed by atoms with E-state index in [0.717, 1.165) is 38.1 Å². The number of carboxylic acid groups (broad SMARTS) is 1. The van der Waals surface area contributed by atoms with Crippen LogP contribution < -0.4 is 5.32 Å². The van der Waals surface area contributed by atoms with Crippen molar-refractivity contribution in [3.05, 3.63) is 0 Å². The van der Waals surface area contributed by atoms with Gasteiger partial charge in [0, 0.05) is 12.5 Å². The second-order valence-electron chi connectivity index (χ2n) is 6.07. The van der Waals surface area contributed by atoms with Gasteiger partial charge in [0.2, 0.25) is 5.91 Å². The Bertz CT molecular complexity index is 294. The van der Waals surface area contributed by atoms with Crippen molar-refractivity contribution in [1.82, 2.24) is 5.32 Å². The van der Waals surface area contributed by atoms with Gasteiger partial charge in [-0.2, -0.15) is 0 Å². The molecule has 0 spiro atoms. The smallest absolute Gasteiger partial charge is 0.306 e. The summed E-state index contributed by atoms with van der Waals surface area (Å²) in [4.78, 5) is 22.7. The molecule has 1 saturated carbocycles. The normalized spacial score (nSPS) is 23.3. The van der Waals surface area contributed by atoms with Crippen molar-refractivity contribution in [3.8, 4) is 0 Å². The van der Waals surface area contributed by atoms with Gasteiger partial charge < -0.3 is 10.4 Å². The fourth-order valence-electron chi connectivity index (χ4n) is 2.64. The molecule has 4 heteroatoms. The van der Waals surface area contributed by atoms with Crippen molar-refractivity contribution in [2.75, 3.05) is 6.54 Å². The van der Waals surface area contributed by atoms with Crippen LogP contribution in [0.1, 0.15) is 58.8 Å². The molecular formula is C15H27NO3. The number of carbonyl (C=O) groups is 2. The summed E-state index contributed by atoms with van der Waals surface area (Å²) in [5.41, 5.74) is 0. The van der Waals surface area contributed by atoms with Crippen molar-refractivity contribution in [2.45, 2.75) is 58.8 Å². The third-order valence-corrected chi connectivity index (χ3v) is 3.95. The third-order valence-electron chi connectivity index (χ3n) is 3.95. The Morgan fingerprint density at radius 2 is 1.68 bits per heavy atom. The number of carbonyl (C=O) groups excluding carboxylic acids is 1. The van der Waals surface area contributed by atoms with Crippen LogP contribution in [0, 0.1) is 17.8 Å². The number of hydrogen-bond donors (Lipinski definition) is 2. The van der Waals surface area contributed by atoms with Crippen LogP contribution in [-0.2, 0) is 9.59 Å². The Morgan fingerprint density at radius 1 is 1.11 bits per heavy atom. The Balaban J connectivity index is 2.12. The third kappa shape index (κ3) is 6.08. The first-order valence-corrected chi connectivity index (χ1v) is 7.51. The minimum atomic E-state index is -0.715. The van der Waals surface area contributed by atoms with E-state index < -0.39 is 5.97 Å². The molecule has 19 heavy (non-hydrogen) atoms. The molecule has 0 aromatic carbocycles. The summed E-state index contributed by atoms with van der Waals surface area (Å²) in [6.45, 7) is 5.17. The molecule has 0 heterocycles. The summed E-state index contributed by atoms with van der Waals surface area (Å²) in [6.07, 6.45) is 6.11. The van der Waals surface area contributed by atoms with E-state index >= 15 is 0 Å². The lowest BCUT2D eigenvalue weighted by molar-refractivity contribution is -0.144. The van der Waals surface area contributed by atoms with Crippen molar-refractivity contribution in [2.24, 2.45) is 17.8 Å². The van der Waals surface area contributed by atoms with Crippen molar-refractivity contribution in [3.63, 3.8) is 0 Å². The number of hydrogen-bond acceptors (Lipinski definition) is 2. The van der Waals surface area contributed by atoms with E-state index in [1.54, 1.807) is 0 Å². The average molecular weight is 269 g/mol. The first-order valence-electron chi connectivity index (χ1n) is 7.51. The van der Waals surface area contributed by atoms with Gasteiger partial charge in [0.25, 0.3) is 0 Å². The van der Waals surface area contributed by atoms with Crippen LogP contribution in [0.5, 0.6) is 0 Å². The second kappa shape index (κ2) is 8.18. The van der Waals surface area contributed by atoms with Gasteiger partial charge in [0.1, 0.15) is 0 Å². The molecule has 0 aromatic heterocycles. The van der Waals surface area contributed by atoms with Crippen molar-refractivity contribution >= 4 is 11.9 Å². The summed E-state index contributed by atoms with van der Waals surface area (Å²) in [7, 11) is 0. The highest BCUT2D eigenvalue weighted by Crippen LogP contribution is 2.28. The zero-order chi connectivity index (χ0) is 14.3. The lowest BCUT2D eigenvalue weighted by Crippen LogP contribution is -2.34. The molecule has 0 aromatic rings. The maximum Gasteiger partial charge on any atom is 0.306 e. The SMILES string of the molecule is CC(C)CCCCNC(=O)C1CCC(C(=O)O)CC1. The molecule has 4 nitrogen and oxygen atoms in total. The van der Waals surface area contributed by atoms with Crippen LogP contribution in [-0.4, -0.2) is 23.5 Å². The lowest BCUT2D eigenvalue weighted by Gasteiger charge is -2.25. The maximum atomic E-state index is 11.9. The van der Waals surface area contributed by atoms with E-state index in [1.165, 1.54) is 6.42 Å². The molecule has 0 unspecified atom stereocenters. The predicted molar refractivity (Wildman–Crippen MR) is 74.8 cm³/mol. The quantitative estimate of drug-likeness (QED) is 0.698. The van der Waals surface area contributed by atoms with Gasteiger partial charge in [0.05, 0.1) is 5.92 Å². The van der Waals surface area contributed by atoms with Crippen molar-refractivity contribution in [1.29, 1.82) is 0 Å². The van der Waals surface area contributed by atoms with E-state index in [9.17, 15) is 9.59 Å². The Morgan fingerprint density at radius 3 is 2.21 bits per heavy atom. The fraction of sp³-hybridized carbons (Fsp3) is 0.867. The molecule has 1 aliphatic carbocycles. The zero-order valence-corrected chi connectivity index (χ0v) is 12.2. The van der Waals surface area contributed by atoms with Crippen LogP contribution >= 0.6 is 0 Å². The van der Waals surface area contributed by atoms with E-state index in [-0.39, 0.29) is 17.7 Å². The number of amides is 1. The molecule has 0 atom stereocenters. The summed E-state index contributed by atoms with van der Waals surface area (Å²) >= 11 is 0. The average Bonchev–Trinajstić information content (AvgIpc) is 2.37. The summed E-state index contributed by atoms with van der Waals surface area (Å²) in [6, 6.07) is 0. The van der Waals surface area contributed by atoms with Crippen LogP contribution in [0.2, 0.25) is 0 Å². The maximum absolute atomic E-state index is 11.9. The van der Waals surface area contributed by atoms with Crippen LogP contribution in [0.3, 0.4) is 0 Å². The van der Waals surface area contributed by atoms with Crippen LogP contribution in [0.4, 0.5) is 0 Å². The monoisotopic (exact) mass is 269 g/mol. The first kappa shape index (κ1) is 16.0. The highest BCUT2D eigenvalue weighted by molar-refractivity contribution is 5.79. The molecule has 0 bridgehead atoms. The molecule has 1 fully saturated rings. The van der Waals surface area contributed by atoms with Crippen molar-refractivity contribution < 1.29 is 14.7 Å². The van der Waals surface area contributed by atoms with Gasteiger partial charge in [0.15, 0.2) is 0 Å². The van der Waals surface area contributed by atoms with E-state index in [2.05, 4.69) is 19.2 Å². The van der Waals surface area contributed by atoms with Gasteiger partial charge in [-0.15, -0.1) is 0 Å². The molecule has 1 amide bonds.